The molecule has 0 spiro atoms. The topological polar surface area (TPSA) is 107 Å². The standard InChI is InChI=1S/C9H9N5O3/c1-17-8-3-2-6(4-7(8)14(15)16)5-9-10-12-13-11-9/h2-4H,5H2,1H3,(H,10,11,12,13). The molecule has 0 bridgehead atoms. The molecule has 0 saturated heterocycles. The quantitative estimate of drug-likeness (QED) is 0.617. The van der Waals surface area contributed by atoms with Gasteiger partial charge in [-0.1, -0.05) is 11.3 Å². The molecule has 1 heterocycles. The molecule has 17 heavy (non-hydrogen) atoms. The molecule has 8 heteroatoms. The van der Waals surface area contributed by atoms with E-state index in [0.717, 1.165) is 5.56 Å². The summed E-state index contributed by atoms with van der Waals surface area (Å²) in [5, 5.41) is 24.1. The van der Waals surface area contributed by atoms with Crippen molar-refractivity contribution in [1.82, 2.24) is 20.6 Å². The molecule has 2 rings (SSSR count). The molecule has 0 aliphatic carbocycles. The predicted molar refractivity (Wildman–Crippen MR) is 56.6 cm³/mol. The number of nitro benzene ring substituents is 1. The van der Waals surface area contributed by atoms with E-state index in [0.29, 0.717) is 12.2 Å². The summed E-state index contributed by atoms with van der Waals surface area (Å²) < 4.78 is 4.91. The lowest BCUT2D eigenvalue weighted by Crippen LogP contribution is -1.97. The number of nitro groups is 1. The summed E-state index contributed by atoms with van der Waals surface area (Å²) in [6.07, 6.45) is 0.376. The molecule has 0 radical (unpaired) electrons. The summed E-state index contributed by atoms with van der Waals surface area (Å²) in [7, 11) is 1.39. The van der Waals surface area contributed by atoms with Gasteiger partial charge in [0.1, 0.15) is 0 Å². The molecule has 0 unspecified atom stereocenters. The van der Waals surface area contributed by atoms with Crippen molar-refractivity contribution in [1.29, 1.82) is 0 Å². The van der Waals surface area contributed by atoms with E-state index in [1.807, 2.05) is 0 Å². The molecule has 2 aromatic rings. The summed E-state index contributed by atoms with van der Waals surface area (Å²) in [6.45, 7) is 0. The van der Waals surface area contributed by atoms with Crippen LogP contribution in [0.25, 0.3) is 0 Å². The second-order valence-electron chi connectivity index (χ2n) is 3.27. The Morgan fingerprint density at radius 3 is 2.94 bits per heavy atom. The van der Waals surface area contributed by atoms with E-state index in [9.17, 15) is 10.1 Å². The van der Waals surface area contributed by atoms with Gasteiger partial charge in [-0.3, -0.25) is 10.1 Å². The van der Waals surface area contributed by atoms with Crippen LogP contribution in [-0.2, 0) is 6.42 Å². The number of benzene rings is 1. The number of H-pyrrole nitrogens is 1. The van der Waals surface area contributed by atoms with Gasteiger partial charge in [0, 0.05) is 12.5 Å². The predicted octanol–water partition coefficient (Wildman–Crippen LogP) is 0.707. The third-order valence-corrected chi connectivity index (χ3v) is 2.19. The summed E-state index contributed by atoms with van der Waals surface area (Å²) in [5.41, 5.74) is 0.646. The largest absolute Gasteiger partial charge is 0.490 e. The van der Waals surface area contributed by atoms with Gasteiger partial charge >= 0.3 is 5.69 Å². The van der Waals surface area contributed by atoms with Crippen LogP contribution in [-0.4, -0.2) is 32.7 Å². The average Bonchev–Trinajstić information content (AvgIpc) is 2.81. The first-order chi connectivity index (χ1) is 8.20. The van der Waals surface area contributed by atoms with Crippen LogP contribution in [0, 0.1) is 10.1 Å². The van der Waals surface area contributed by atoms with E-state index < -0.39 is 4.92 Å². The maximum atomic E-state index is 10.8. The first kappa shape index (κ1) is 11.0. The molecule has 0 saturated carbocycles. The number of nitrogens with one attached hydrogen (secondary N) is 1. The second-order valence-corrected chi connectivity index (χ2v) is 3.27. The highest BCUT2D eigenvalue weighted by Crippen LogP contribution is 2.27. The van der Waals surface area contributed by atoms with Crippen molar-refractivity contribution in [3.8, 4) is 5.75 Å². The fourth-order valence-corrected chi connectivity index (χ4v) is 1.43. The Bertz CT molecular complexity index is 525. The summed E-state index contributed by atoms with van der Waals surface area (Å²) >= 11 is 0. The minimum absolute atomic E-state index is 0.0755. The summed E-state index contributed by atoms with van der Waals surface area (Å²) in [6, 6.07) is 4.71. The van der Waals surface area contributed by atoms with Crippen LogP contribution < -0.4 is 4.74 Å². The van der Waals surface area contributed by atoms with Crippen molar-refractivity contribution in [2.45, 2.75) is 6.42 Å². The van der Waals surface area contributed by atoms with Crippen molar-refractivity contribution >= 4 is 5.69 Å². The molecule has 8 nitrogen and oxygen atoms in total. The number of tetrazole rings is 1. The molecule has 1 aromatic carbocycles. The number of aromatic nitrogens is 4. The molecule has 0 aliphatic rings. The zero-order chi connectivity index (χ0) is 12.3. The number of hydrogen-bond acceptors (Lipinski definition) is 6. The number of ether oxygens (including phenoxy) is 1. The minimum Gasteiger partial charge on any atom is -0.490 e. The van der Waals surface area contributed by atoms with Gasteiger partial charge < -0.3 is 4.74 Å². The Balaban J connectivity index is 2.30. The van der Waals surface area contributed by atoms with E-state index >= 15 is 0 Å². The first-order valence-electron chi connectivity index (χ1n) is 4.74. The number of hydrogen-bond donors (Lipinski definition) is 1. The molecule has 0 fully saturated rings. The maximum Gasteiger partial charge on any atom is 0.311 e. The third kappa shape index (κ3) is 2.36. The molecule has 88 valence electrons. The van der Waals surface area contributed by atoms with Crippen molar-refractivity contribution in [2.75, 3.05) is 7.11 Å². The van der Waals surface area contributed by atoms with Gasteiger partial charge in [0.25, 0.3) is 0 Å². The number of aromatic amines is 1. The van der Waals surface area contributed by atoms with Crippen molar-refractivity contribution in [3.05, 3.63) is 39.7 Å². The van der Waals surface area contributed by atoms with Crippen LogP contribution in [0.2, 0.25) is 0 Å². The Labute approximate surface area is 95.8 Å². The number of methoxy groups -OCH3 is 1. The zero-order valence-corrected chi connectivity index (χ0v) is 8.95. The van der Waals surface area contributed by atoms with Crippen LogP contribution in [0.5, 0.6) is 5.75 Å². The summed E-state index contributed by atoms with van der Waals surface area (Å²) in [5.74, 6) is 0.705. The normalized spacial score (nSPS) is 10.2. The molecular weight excluding hydrogens is 226 g/mol. The Kier molecular flexibility index (Phi) is 2.95. The molecule has 1 N–H and O–H groups in total. The maximum absolute atomic E-state index is 10.8. The van der Waals surface area contributed by atoms with Crippen molar-refractivity contribution in [2.24, 2.45) is 0 Å². The third-order valence-electron chi connectivity index (χ3n) is 2.19. The van der Waals surface area contributed by atoms with E-state index in [2.05, 4.69) is 20.6 Å². The van der Waals surface area contributed by atoms with Gasteiger partial charge in [-0.15, -0.1) is 10.2 Å². The minimum atomic E-state index is -0.488. The van der Waals surface area contributed by atoms with Gasteiger partial charge in [-0.2, -0.15) is 5.21 Å². The van der Waals surface area contributed by atoms with Crippen LogP contribution >= 0.6 is 0 Å². The van der Waals surface area contributed by atoms with Gasteiger partial charge in [0.2, 0.25) is 0 Å². The Hall–Kier alpha value is -2.51. The Morgan fingerprint density at radius 1 is 1.53 bits per heavy atom. The van der Waals surface area contributed by atoms with Crippen molar-refractivity contribution < 1.29 is 9.66 Å². The van der Waals surface area contributed by atoms with E-state index in [1.54, 1.807) is 12.1 Å². The highest BCUT2D eigenvalue weighted by molar-refractivity contribution is 5.49. The highest BCUT2D eigenvalue weighted by Gasteiger charge is 2.15. The number of rotatable bonds is 4. The fourth-order valence-electron chi connectivity index (χ4n) is 1.43. The van der Waals surface area contributed by atoms with Gasteiger partial charge in [-0.05, 0) is 11.6 Å². The van der Waals surface area contributed by atoms with Crippen LogP contribution in [0.4, 0.5) is 5.69 Å². The molecule has 1 aromatic heterocycles. The van der Waals surface area contributed by atoms with Gasteiger partial charge in [-0.25, -0.2) is 0 Å². The second kappa shape index (κ2) is 4.56. The zero-order valence-electron chi connectivity index (χ0n) is 8.95. The average molecular weight is 235 g/mol. The van der Waals surface area contributed by atoms with E-state index in [1.165, 1.54) is 13.2 Å². The van der Waals surface area contributed by atoms with Crippen molar-refractivity contribution in [3.63, 3.8) is 0 Å². The van der Waals surface area contributed by atoms with Crippen LogP contribution in [0.15, 0.2) is 18.2 Å². The Morgan fingerprint density at radius 2 is 2.35 bits per heavy atom. The van der Waals surface area contributed by atoms with Gasteiger partial charge in [0.15, 0.2) is 11.6 Å². The monoisotopic (exact) mass is 235 g/mol. The summed E-state index contributed by atoms with van der Waals surface area (Å²) in [4.78, 5) is 10.3. The van der Waals surface area contributed by atoms with Crippen LogP contribution in [0.1, 0.15) is 11.4 Å². The molecule has 0 amide bonds. The van der Waals surface area contributed by atoms with Gasteiger partial charge in [0.05, 0.1) is 12.0 Å². The smallest absolute Gasteiger partial charge is 0.311 e. The van der Waals surface area contributed by atoms with Crippen LogP contribution in [0.3, 0.4) is 0 Å². The lowest BCUT2D eigenvalue weighted by molar-refractivity contribution is -0.385. The highest BCUT2D eigenvalue weighted by atomic mass is 16.6. The molecule has 0 atom stereocenters. The fraction of sp³-hybridized carbons (Fsp3) is 0.222. The molecular formula is C9H9N5O3. The molecule has 0 aliphatic heterocycles. The van der Waals surface area contributed by atoms with E-state index in [4.69, 9.17) is 4.74 Å². The SMILES string of the molecule is COc1ccc(Cc2nn[nH]n2)cc1[N+](=O)[O-]. The lowest BCUT2D eigenvalue weighted by atomic mass is 10.1. The first-order valence-corrected chi connectivity index (χ1v) is 4.74. The lowest BCUT2D eigenvalue weighted by Gasteiger charge is -2.03. The number of nitrogens with zero attached hydrogens (tertiary/aromatic N) is 4. The van der Waals surface area contributed by atoms with E-state index in [-0.39, 0.29) is 11.4 Å².